The summed E-state index contributed by atoms with van der Waals surface area (Å²) in [6.45, 7) is 3.88. The van der Waals surface area contributed by atoms with Crippen molar-refractivity contribution in [3.8, 4) is 0 Å². The summed E-state index contributed by atoms with van der Waals surface area (Å²) in [7, 11) is -3.72. The van der Waals surface area contributed by atoms with Crippen LogP contribution in [0.4, 0.5) is 5.69 Å². The van der Waals surface area contributed by atoms with E-state index in [4.69, 9.17) is 5.73 Å². The molecule has 0 aliphatic rings. The topological polar surface area (TPSA) is 115 Å². The van der Waals surface area contributed by atoms with Crippen molar-refractivity contribution in [2.24, 2.45) is 5.73 Å². The Hall–Kier alpha value is -1.51. The Labute approximate surface area is 124 Å². The first-order valence-electron chi connectivity index (χ1n) is 6.73. The van der Waals surface area contributed by atoms with E-state index < -0.39 is 26.2 Å². The fraction of sp³-hybridized carbons (Fsp3) is 0.538. The predicted molar refractivity (Wildman–Crippen MR) is 81.2 cm³/mol. The van der Waals surface area contributed by atoms with E-state index in [9.17, 15) is 18.5 Å². The maximum absolute atomic E-state index is 12.3. The lowest BCUT2D eigenvalue weighted by Gasteiger charge is -2.30. The maximum atomic E-state index is 12.3. The Balaban J connectivity index is 3.04. The first-order chi connectivity index (χ1) is 9.79. The molecule has 118 valence electrons. The van der Waals surface area contributed by atoms with Gasteiger partial charge < -0.3 is 5.73 Å². The highest BCUT2D eigenvalue weighted by molar-refractivity contribution is 7.88. The molecular weight excluding hydrogens is 294 g/mol. The van der Waals surface area contributed by atoms with Crippen LogP contribution in [0.2, 0.25) is 0 Å². The van der Waals surface area contributed by atoms with Crippen LogP contribution in [0.1, 0.15) is 32.3 Å². The smallest absolute Gasteiger partial charge is 0.273 e. The van der Waals surface area contributed by atoms with Crippen molar-refractivity contribution in [3.05, 3.63) is 39.9 Å². The Morgan fingerprint density at radius 2 is 1.86 bits per heavy atom. The number of nitrogens with one attached hydrogen (secondary N) is 1. The summed E-state index contributed by atoms with van der Waals surface area (Å²) in [4.78, 5) is 10.3. The number of hydrogen-bond donors (Lipinski definition) is 2. The van der Waals surface area contributed by atoms with Crippen molar-refractivity contribution >= 4 is 15.7 Å². The van der Waals surface area contributed by atoms with Gasteiger partial charge in [0.15, 0.2) is 0 Å². The molecule has 0 unspecified atom stereocenters. The number of benzene rings is 1. The van der Waals surface area contributed by atoms with E-state index >= 15 is 0 Å². The molecule has 1 aromatic rings. The third kappa shape index (κ3) is 4.48. The zero-order valence-electron chi connectivity index (χ0n) is 12.2. The van der Waals surface area contributed by atoms with Crippen LogP contribution in [-0.4, -0.2) is 25.4 Å². The zero-order valence-corrected chi connectivity index (χ0v) is 13.0. The molecule has 0 fully saturated rings. The predicted octanol–water partition coefficient (Wildman–Crippen LogP) is 1.53. The van der Waals surface area contributed by atoms with Gasteiger partial charge in [0.2, 0.25) is 10.0 Å². The summed E-state index contributed by atoms with van der Waals surface area (Å²) in [5.74, 6) is -0.439. The molecule has 0 radical (unpaired) electrons. The Bertz CT molecular complexity index is 589. The number of nitro benzene ring substituents is 1. The standard InChI is InChI=1S/C13H21N3O4S/c1-3-13(4-2,10-14)15-21(19,20)9-11-7-5-6-8-12(11)16(17)18/h5-8,15H,3-4,9-10,14H2,1-2H3. The highest BCUT2D eigenvalue weighted by atomic mass is 32.2. The van der Waals surface area contributed by atoms with Crippen LogP contribution in [0.3, 0.4) is 0 Å². The largest absolute Gasteiger partial charge is 0.329 e. The van der Waals surface area contributed by atoms with Gasteiger partial charge in [-0.3, -0.25) is 10.1 Å². The summed E-state index contributed by atoms with van der Waals surface area (Å²) in [6.07, 6.45) is 1.10. The minimum Gasteiger partial charge on any atom is -0.329 e. The third-order valence-electron chi connectivity index (χ3n) is 3.65. The van der Waals surface area contributed by atoms with Gasteiger partial charge in [0.1, 0.15) is 0 Å². The number of para-hydroxylation sites is 1. The van der Waals surface area contributed by atoms with Gasteiger partial charge in [-0.1, -0.05) is 32.0 Å². The van der Waals surface area contributed by atoms with E-state index in [1.807, 2.05) is 13.8 Å². The Morgan fingerprint density at radius 3 is 2.33 bits per heavy atom. The van der Waals surface area contributed by atoms with Crippen LogP contribution in [0.15, 0.2) is 24.3 Å². The zero-order chi connectivity index (χ0) is 16.1. The van der Waals surface area contributed by atoms with E-state index in [2.05, 4.69) is 4.72 Å². The molecule has 0 atom stereocenters. The molecule has 0 aliphatic heterocycles. The van der Waals surface area contributed by atoms with Crippen LogP contribution in [0, 0.1) is 10.1 Å². The molecule has 0 saturated heterocycles. The molecule has 21 heavy (non-hydrogen) atoms. The molecule has 3 N–H and O–H groups in total. The molecule has 0 heterocycles. The molecule has 0 saturated carbocycles. The molecule has 1 rings (SSSR count). The highest BCUT2D eigenvalue weighted by Gasteiger charge is 2.31. The SMILES string of the molecule is CCC(CC)(CN)NS(=O)(=O)Cc1ccccc1[N+](=O)[O-]. The fourth-order valence-corrected chi connectivity index (χ4v) is 3.86. The number of nitrogens with two attached hydrogens (primary N) is 1. The number of sulfonamides is 1. The second kappa shape index (κ2) is 6.97. The first kappa shape index (κ1) is 17.5. The van der Waals surface area contributed by atoms with E-state index in [1.54, 1.807) is 6.07 Å². The van der Waals surface area contributed by atoms with Crippen molar-refractivity contribution in [1.82, 2.24) is 4.72 Å². The van der Waals surface area contributed by atoms with Gasteiger partial charge in [-0.15, -0.1) is 0 Å². The monoisotopic (exact) mass is 315 g/mol. The van der Waals surface area contributed by atoms with Crippen LogP contribution in [0.25, 0.3) is 0 Å². The quantitative estimate of drug-likeness (QED) is 0.557. The van der Waals surface area contributed by atoms with Crippen LogP contribution < -0.4 is 10.5 Å². The van der Waals surface area contributed by atoms with Crippen molar-refractivity contribution in [1.29, 1.82) is 0 Å². The van der Waals surface area contributed by atoms with Crippen molar-refractivity contribution in [3.63, 3.8) is 0 Å². The lowest BCUT2D eigenvalue weighted by molar-refractivity contribution is -0.385. The summed E-state index contributed by atoms with van der Waals surface area (Å²) in [5.41, 5.74) is 4.93. The van der Waals surface area contributed by atoms with Crippen molar-refractivity contribution < 1.29 is 13.3 Å². The fourth-order valence-electron chi connectivity index (χ4n) is 2.11. The van der Waals surface area contributed by atoms with Gasteiger partial charge in [0.25, 0.3) is 5.69 Å². The van der Waals surface area contributed by atoms with Gasteiger partial charge in [-0.2, -0.15) is 0 Å². The van der Waals surface area contributed by atoms with Crippen molar-refractivity contribution in [2.45, 2.75) is 38.0 Å². The van der Waals surface area contributed by atoms with E-state index in [1.165, 1.54) is 18.2 Å². The number of rotatable bonds is 8. The van der Waals surface area contributed by atoms with Gasteiger partial charge in [-0.05, 0) is 12.8 Å². The second-order valence-electron chi connectivity index (χ2n) is 4.94. The molecule has 7 nitrogen and oxygen atoms in total. The van der Waals surface area contributed by atoms with Gasteiger partial charge in [0.05, 0.1) is 10.7 Å². The molecule has 0 bridgehead atoms. The molecule has 0 spiro atoms. The molecular formula is C13H21N3O4S. The molecule has 0 amide bonds. The van der Waals surface area contributed by atoms with Crippen LogP contribution in [-0.2, 0) is 15.8 Å². The van der Waals surface area contributed by atoms with Gasteiger partial charge >= 0.3 is 0 Å². The second-order valence-corrected chi connectivity index (χ2v) is 6.66. The Kier molecular flexibility index (Phi) is 5.82. The van der Waals surface area contributed by atoms with E-state index in [0.717, 1.165) is 0 Å². The first-order valence-corrected chi connectivity index (χ1v) is 8.38. The van der Waals surface area contributed by atoms with Gasteiger partial charge in [0, 0.05) is 23.7 Å². The lowest BCUT2D eigenvalue weighted by atomic mass is 9.95. The van der Waals surface area contributed by atoms with E-state index in [-0.39, 0.29) is 17.8 Å². The summed E-state index contributed by atoms with van der Waals surface area (Å²) < 4.78 is 27.2. The third-order valence-corrected chi connectivity index (χ3v) is 5.09. The number of hydrogen-bond acceptors (Lipinski definition) is 5. The molecule has 1 aromatic carbocycles. The minimum absolute atomic E-state index is 0.160. The van der Waals surface area contributed by atoms with Crippen molar-refractivity contribution in [2.75, 3.05) is 6.54 Å². The van der Waals surface area contributed by atoms with Crippen LogP contribution in [0.5, 0.6) is 0 Å². The summed E-state index contributed by atoms with van der Waals surface area (Å²) >= 11 is 0. The van der Waals surface area contributed by atoms with E-state index in [0.29, 0.717) is 12.8 Å². The average Bonchev–Trinajstić information content (AvgIpc) is 2.45. The summed E-state index contributed by atoms with van der Waals surface area (Å²) in [5, 5.41) is 10.9. The maximum Gasteiger partial charge on any atom is 0.273 e. The average molecular weight is 315 g/mol. The number of nitro groups is 1. The lowest BCUT2D eigenvalue weighted by Crippen LogP contribution is -2.53. The molecule has 0 aliphatic carbocycles. The normalized spacial score (nSPS) is 12.3. The number of nitrogens with zero attached hydrogens (tertiary/aromatic N) is 1. The van der Waals surface area contributed by atoms with Crippen LogP contribution >= 0.6 is 0 Å². The molecule has 8 heteroatoms. The van der Waals surface area contributed by atoms with Gasteiger partial charge in [-0.25, -0.2) is 13.1 Å². The molecule has 0 aromatic heterocycles. The Morgan fingerprint density at radius 1 is 1.29 bits per heavy atom. The highest BCUT2D eigenvalue weighted by Crippen LogP contribution is 2.22. The minimum atomic E-state index is -3.72. The summed E-state index contributed by atoms with van der Waals surface area (Å²) in [6, 6.07) is 5.82.